The van der Waals surface area contributed by atoms with E-state index >= 15 is 0 Å². The van der Waals surface area contributed by atoms with Crippen LogP contribution in [0.25, 0.3) is 0 Å². The van der Waals surface area contributed by atoms with Crippen LogP contribution in [-0.2, 0) is 7.05 Å². The number of hydrogen-bond acceptors (Lipinski definition) is 2. The summed E-state index contributed by atoms with van der Waals surface area (Å²) in [5.74, 6) is 0. The molecule has 1 aromatic heterocycles. The van der Waals surface area contributed by atoms with Gasteiger partial charge in [-0.05, 0) is 17.7 Å². The molecule has 2 N–H and O–H groups in total. The third-order valence-electron chi connectivity index (χ3n) is 1.46. The molecule has 13 heavy (non-hydrogen) atoms. The molecule has 0 bridgehead atoms. The first kappa shape index (κ1) is 9.60. The van der Waals surface area contributed by atoms with Crippen molar-refractivity contribution in [3.05, 3.63) is 18.0 Å². The maximum Gasteiger partial charge on any atom is 0.409 e. The summed E-state index contributed by atoms with van der Waals surface area (Å²) in [5, 5.41) is 9.85. The third-order valence-corrected chi connectivity index (χ3v) is 1.65. The van der Waals surface area contributed by atoms with E-state index in [-0.39, 0.29) is 5.69 Å². The number of nitrogens with zero attached hydrogens (tertiary/aromatic N) is 1. The molecule has 1 amide bonds. The minimum Gasteiger partial charge on any atom is -0.465 e. The maximum atomic E-state index is 10.7. The van der Waals surface area contributed by atoms with Crippen LogP contribution in [0.3, 0.4) is 0 Å². The quantitative estimate of drug-likeness (QED) is 0.714. The van der Waals surface area contributed by atoms with Crippen molar-refractivity contribution in [3.8, 4) is 0 Å². The largest absolute Gasteiger partial charge is 0.465 e. The fourth-order valence-electron chi connectivity index (χ4n) is 0.952. The molecule has 0 atom stereocenters. The molecular formula is C7H7ClN2O3. The van der Waals surface area contributed by atoms with Gasteiger partial charge in [0.25, 0.3) is 5.24 Å². The molecular weight excluding hydrogens is 196 g/mol. The van der Waals surface area contributed by atoms with Crippen LogP contribution < -0.4 is 5.32 Å². The van der Waals surface area contributed by atoms with E-state index in [2.05, 4.69) is 5.32 Å². The first-order valence-corrected chi connectivity index (χ1v) is 3.74. The van der Waals surface area contributed by atoms with Crippen LogP contribution >= 0.6 is 11.6 Å². The Morgan fingerprint density at radius 3 is 2.62 bits per heavy atom. The minimum atomic E-state index is -1.18. The van der Waals surface area contributed by atoms with Gasteiger partial charge in [-0.3, -0.25) is 10.1 Å². The van der Waals surface area contributed by atoms with Crippen LogP contribution in [0.2, 0.25) is 0 Å². The van der Waals surface area contributed by atoms with E-state index in [0.29, 0.717) is 5.69 Å². The van der Waals surface area contributed by atoms with Gasteiger partial charge in [0.05, 0.1) is 5.69 Å². The predicted octanol–water partition coefficient (Wildman–Crippen LogP) is 1.49. The van der Waals surface area contributed by atoms with Gasteiger partial charge in [0.1, 0.15) is 5.69 Å². The van der Waals surface area contributed by atoms with E-state index in [9.17, 15) is 9.59 Å². The highest BCUT2D eigenvalue weighted by atomic mass is 35.5. The summed E-state index contributed by atoms with van der Waals surface area (Å²) in [7, 11) is 1.60. The molecule has 5 nitrogen and oxygen atoms in total. The number of carboxylic acid groups (broad SMARTS) is 1. The Morgan fingerprint density at radius 1 is 1.62 bits per heavy atom. The second-order valence-corrected chi connectivity index (χ2v) is 2.77. The molecule has 0 aliphatic carbocycles. The standard InChI is InChI=1S/C7H7ClN2O3/c1-10-3-4(9-7(12)13)2-5(10)6(8)11/h2-3,9H,1H3,(H,12,13). The summed E-state index contributed by atoms with van der Waals surface area (Å²) in [6, 6.07) is 1.36. The lowest BCUT2D eigenvalue weighted by Crippen LogP contribution is -2.05. The van der Waals surface area contributed by atoms with Crippen LogP contribution in [0.5, 0.6) is 0 Å². The third kappa shape index (κ3) is 2.22. The van der Waals surface area contributed by atoms with Gasteiger partial charge in [-0.1, -0.05) is 0 Å². The topological polar surface area (TPSA) is 71.3 Å². The fraction of sp³-hybridized carbons (Fsp3) is 0.143. The zero-order valence-corrected chi connectivity index (χ0v) is 7.50. The number of halogens is 1. The lowest BCUT2D eigenvalue weighted by atomic mass is 10.4. The van der Waals surface area contributed by atoms with Crippen LogP contribution in [-0.4, -0.2) is 21.0 Å². The lowest BCUT2D eigenvalue weighted by Gasteiger charge is -1.93. The molecule has 1 heterocycles. The van der Waals surface area contributed by atoms with Gasteiger partial charge in [-0.2, -0.15) is 0 Å². The smallest absolute Gasteiger partial charge is 0.409 e. The number of nitrogens with one attached hydrogen (secondary N) is 1. The molecule has 0 unspecified atom stereocenters. The molecule has 0 radical (unpaired) electrons. The number of carbonyl (C=O) groups excluding carboxylic acids is 1. The summed E-state index contributed by atoms with van der Waals surface area (Å²) >= 11 is 5.22. The highest BCUT2D eigenvalue weighted by Gasteiger charge is 2.09. The summed E-state index contributed by atoms with van der Waals surface area (Å²) in [6.07, 6.45) is 0.281. The molecule has 70 valence electrons. The molecule has 0 fully saturated rings. The number of aryl methyl sites for hydroxylation is 1. The summed E-state index contributed by atoms with van der Waals surface area (Å²) in [5.41, 5.74) is 0.560. The Hall–Kier alpha value is -1.49. The highest BCUT2D eigenvalue weighted by molar-refractivity contribution is 6.67. The zero-order valence-electron chi connectivity index (χ0n) is 6.74. The molecule has 0 aliphatic heterocycles. The molecule has 0 saturated heterocycles. The predicted molar refractivity (Wildman–Crippen MR) is 47.2 cm³/mol. The Labute approximate surface area is 78.9 Å². The fourth-order valence-corrected chi connectivity index (χ4v) is 1.14. The van der Waals surface area contributed by atoms with Gasteiger partial charge in [0.2, 0.25) is 0 Å². The van der Waals surface area contributed by atoms with Gasteiger partial charge >= 0.3 is 6.09 Å². The van der Waals surface area contributed by atoms with E-state index in [0.717, 1.165) is 0 Å². The Morgan fingerprint density at radius 2 is 2.23 bits per heavy atom. The Bertz CT molecular complexity index is 359. The van der Waals surface area contributed by atoms with Crippen molar-refractivity contribution in [1.29, 1.82) is 0 Å². The van der Waals surface area contributed by atoms with Gasteiger partial charge in [-0.25, -0.2) is 4.79 Å². The second-order valence-electron chi connectivity index (χ2n) is 2.43. The lowest BCUT2D eigenvalue weighted by molar-refractivity contribution is 0.107. The summed E-state index contributed by atoms with van der Waals surface area (Å²) < 4.78 is 1.45. The van der Waals surface area contributed by atoms with Gasteiger partial charge < -0.3 is 9.67 Å². The molecule has 0 spiro atoms. The molecule has 1 rings (SSSR count). The monoisotopic (exact) mass is 202 g/mol. The number of hydrogen-bond donors (Lipinski definition) is 2. The Balaban J connectivity index is 2.95. The number of anilines is 1. The average Bonchev–Trinajstić information content (AvgIpc) is 2.29. The van der Waals surface area contributed by atoms with Crippen molar-refractivity contribution in [2.75, 3.05) is 5.32 Å². The maximum absolute atomic E-state index is 10.7. The molecule has 6 heteroatoms. The van der Waals surface area contributed by atoms with E-state index in [1.54, 1.807) is 7.05 Å². The van der Waals surface area contributed by atoms with E-state index < -0.39 is 11.3 Å². The number of aromatic nitrogens is 1. The first-order valence-electron chi connectivity index (χ1n) is 3.37. The van der Waals surface area contributed by atoms with Crippen LogP contribution in [0.4, 0.5) is 10.5 Å². The van der Waals surface area contributed by atoms with E-state index in [1.807, 2.05) is 0 Å². The van der Waals surface area contributed by atoms with Crippen molar-refractivity contribution >= 4 is 28.6 Å². The Kier molecular flexibility index (Phi) is 2.57. The minimum absolute atomic E-state index is 0.241. The van der Waals surface area contributed by atoms with Crippen molar-refractivity contribution in [2.24, 2.45) is 7.05 Å². The van der Waals surface area contributed by atoms with Gasteiger partial charge in [0.15, 0.2) is 0 Å². The van der Waals surface area contributed by atoms with E-state index in [1.165, 1.54) is 16.8 Å². The van der Waals surface area contributed by atoms with Gasteiger partial charge in [0, 0.05) is 13.2 Å². The number of amides is 1. The molecule has 1 aromatic rings. The highest BCUT2D eigenvalue weighted by Crippen LogP contribution is 2.14. The number of carbonyl (C=O) groups is 2. The average molecular weight is 203 g/mol. The van der Waals surface area contributed by atoms with Crippen molar-refractivity contribution in [3.63, 3.8) is 0 Å². The SMILES string of the molecule is Cn1cc(NC(=O)O)cc1C(=O)Cl. The molecule has 0 aliphatic rings. The summed E-state index contributed by atoms with van der Waals surface area (Å²) in [4.78, 5) is 21.0. The van der Waals surface area contributed by atoms with Crippen LogP contribution in [0.1, 0.15) is 10.5 Å². The number of rotatable bonds is 2. The van der Waals surface area contributed by atoms with Crippen molar-refractivity contribution in [1.82, 2.24) is 4.57 Å². The van der Waals surface area contributed by atoms with Gasteiger partial charge in [-0.15, -0.1) is 0 Å². The van der Waals surface area contributed by atoms with Crippen LogP contribution in [0, 0.1) is 0 Å². The normalized spacial score (nSPS) is 9.69. The molecule has 0 saturated carbocycles. The van der Waals surface area contributed by atoms with Crippen LogP contribution in [0.15, 0.2) is 12.3 Å². The second kappa shape index (κ2) is 3.49. The zero-order chi connectivity index (χ0) is 10.0. The molecule has 0 aromatic carbocycles. The van der Waals surface area contributed by atoms with Crippen molar-refractivity contribution in [2.45, 2.75) is 0 Å². The summed E-state index contributed by atoms with van der Waals surface area (Å²) in [6.45, 7) is 0. The van der Waals surface area contributed by atoms with Crippen molar-refractivity contribution < 1.29 is 14.7 Å². The first-order chi connectivity index (χ1) is 6.00. The van der Waals surface area contributed by atoms with E-state index in [4.69, 9.17) is 16.7 Å².